The van der Waals surface area contributed by atoms with Crippen LogP contribution in [0.25, 0.3) is 0 Å². The fraction of sp³-hybridized carbons (Fsp3) is 1.00. The Kier molecular flexibility index (Phi) is 25.6. The molecular formula is C24H54O2S3Si2. The summed E-state index contributed by atoms with van der Waals surface area (Å²) in [5, 5.41) is 0. The number of rotatable bonds is 24. The normalized spacial score (nSPS) is 13.9. The van der Waals surface area contributed by atoms with E-state index in [0.29, 0.717) is 11.5 Å². The lowest BCUT2D eigenvalue weighted by molar-refractivity contribution is 0.157. The van der Waals surface area contributed by atoms with Gasteiger partial charge in [-0.25, -0.2) is 0 Å². The first-order valence-corrected chi connectivity index (χ1v) is 21.6. The van der Waals surface area contributed by atoms with E-state index in [0.717, 1.165) is 0 Å². The summed E-state index contributed by atoms with van der Waals surface area (Å²) in [7, 11) is 8.49. The molecule has 0 bridgehead atoms. The highest BCUT2D eigenvalue weighted by molar-refractivity contribution is 9.09. The van der Waals surface area contributed by atoms with Gasteiger partial charge in [-0.1, -0.05) is 125 Å². The van der Waals surface area contributed by atoms with E-state index in [1.54, 1.807) is 0 Å². The SMILES string of the molecule is CCCC[SiH](CCCC)C(CCSSSCCC(OC)[SiH](CCCC)CCCC)OC. The van der Waals surface area contributed by atoms with Crippen molar-refractivity contribution in [2.24, 2.45) is 0 Å². The average Bonchev–Trinajstić information content (AvgIpc) is 2.79. The van der Waals surface area contributed by atoms with Crippen LogP contribution in [0.2, 0.25) is 24.2 Å². The molecule has 188 valence electrons. The van der Waals surface area contributed by atoms with Crippen molar-refractivity contribution in [2.45, 2.75) is 128 Å². The Bertz CT molecular complexity index is 320. The lowest BCUT2D eigenvalue weighted by Crippen LogP contribution is -2.33. The van der Waals surface area contributed by atoms with E-state index in [2.05, 4.69) is 27.7 Å². The maximum atomic E-state index is 5.99. The van der Waals surface area contributed by atoms with Crippen LogP contribution >= 0.6 is 31.4 Å². The van der Waals surface area contributed by atoms with Crippen molar-refractivity contribution in [2.75, 3.05) is 25.7 Å². The summed E-state index contributed by atoms with van der Waals surface area (Å²) >= 11 is 0. The third-order valence-corrected chi connectivity index (χ3v) is 18.7. The van der Waals surface area contributed by atoms with Gasteiger partial charge in [-0.2, -0.15) is 0 Å². The molecule has 0 saturated heterocycles. The van der Waals surface area contributed by atoms with Crippen molar-refractivity contribution in [1.82, 2.24) is 0 Å². The molecule has 0 aromatic carbocycles. The van der Waals surface area contributed by atoms with Crippen molar-refractivity contribution in [3.63, 3.8) is 0 Å². The number of unbranched alkanes of at least 4 members (excludes halogenated alkanes) is 4. The first-order valence-electron chi connectivity index (χ1n) is 13.1. The highest BCUT2D eigenvalue weighted by Gasteiger charge is 2.23. The molecule has 2 nitrogen and oxygen atoms in total. The van der Waals surface area contributed by atoms with Gasteiger partial charge >= 0.3 is 0 Å². The molecule has 0 aromatic heterocycles. The number of methoxy groups -OCH3 is 2. The molecular weight excluding hydrogens is 473 g/mol. The molecule has 0 heterocycles. The fourth-order valence-electron chi connectivity index (χ4n) is 4.42. The van der Waals surface area contributed by atoms with E-state index in [9.17, 15) is 0 Å². The minimum absolute atomic E-state index is 0.581. The number of ether oxygens (including phenoxy) is 2. The summed E-state index contributed by atoms with van der Waals surface area (Å²) in [6, 6.07) is 5.89. The second-order valence-corrected chi connectivity index (χ2v) is 20.2. The maximum Gasteiger partial charge on any atom is 0.0717 e. The molecule has 7 heteroatoms. The molecule has 2 atom stereocenters. The first kappa shape index (κ1) is 32.4. The Morgan fingerprint density at radius 2 is 0.903 bits per heavy atom. The van der Waals surface area contributed by atoms with Gasteiger partial charge in [0.25, 0.3) is 0 Å². The second-order valence-electron chi connectivity index (χ2n) is 8.93. The molecule has 0 spiro atoms. The van der Waals surface area contributed by atoms with Crippen LogP contribution < -0.4 is 0 Å². The van der Waals surface area contributed by atoms with E-state index in [1.807, 2.05) is 45.6 Å². The zero-order valence-electron chi connectivity index (χ0n) is 21.7. The van der Waals surface area contributed by atoms with Gasteiger partial charge in [0.1, 0.15) is 0 Å². The lowest BCUT2D eigenvalue weighted by Gasteiger charge is -2.25. The third-order valence-electron chi connectivity index (χ3n) is 6.44. The molecule has 0 aliphatic rings. The van der Waals surface area contributed by atoms with Gasteiger partial charge in [-0.3, -0.25) is 0 Å². The Balaban J connectivity index is 4.17. The Morgan fingerprint density at radius 1 is 0.581 bits per heavy atom. The van der Waals surface area contributed by atoms with Crippen LogP contribution in [0.1, 0.15) is 91.9 Å². The van der Waals surface area contributed by atoms with Gasteiger partial charge in [0.15, 0.2) is 0 Å². The molecule has 0 aromatic rings. The van der Waals surface area contributed by atoms with E-state index in [1.165, 1.54) is 99.9 Å². The van der Waals surface area contributed by atoms with Gasteiger partial charge in [0.2, 0.25) is 0 Å². The van der Waals surface area contributed by atoms with Crippen LogP contribution in [0.15, 0.2) is 0 Å². The van der Waals surface area contributed by atoms with Gasteiger partial charge in [0.05, 0.1) is 17.6 Å². The lowest BCUT2D eigenvalue weighted by atomic mass is 10.4. The molecule has 2 unspecified atom stereocenters. The quantitative estimate of drug-likeness (QED) is 0.0710. The smallest absolute Gasteiger partial charge is 0.0717 e. The van der Waals surface area contributed by atoms with E-state index >= 15 is 0 Å². The van der Waals surface area contributed by atoms with E-state index < -0.39 is 17.6 Å². The van der Waals surface area contributed by atoms with Gasteiger partial charge < -0.3 is 9.47 Å². The molecule has 0 radical (unpaired) electrons. The van der Waals surface area contributed by atoms with Crippen molar-refractivity contribution < 1.29 is 9.47 Å². The zero-order valence-corrected chi connectivity index (χ0v) is 26.4. The summed E-state index contributed by atoms with van der Waals surface area (Å²) < 4.78 is 12.0. The second kappa shape index (κ2) is 24.5. The van der Waals surface area contributed by atoms with Crippen molar-refractivity contribution >= 4 is 49.0 Å². The minimum Gasteiger partial charge on any atom is -0.385 e. The summed E-state index contributed by atoms with van der Waals surface area (Å²) in [4.78, 5) is 0. The number of hydrogen-bond donors (Lipinski definition) is 0. The maximum absolute atomic E-state index is 5.99. The molecule has 0 amide bonds. The Labute approximate surface area is 210 Å². The zero-order chi connectivity index (χ0) is 23.2. The van der Waals surface area contributed by atoms with Crippen LogP contribution in [-0.2, 0) is 9.47 Å². The summed E-state index contributed by atoms with van der Waals surface area (Å²) in [6.45, 7) is 9.29. The molecule has 0 N–H and O–H groups in total. The molecule has 0 aliphatic carbocycles. The van der Waals surface area contributed by atoms with E-state index in [-0.39, 0.29) is 0 Å². The topological polar surface area (TPSA) is 18.5 Å². The van der Waals surface area contributed by atoms with Crippen LogP contribution in [0.5, 0.6) is 0 Å². The van der Waals surface area contributed by atoms with Crippen LogP contribution in [0, 0.1) is 0 Å². The molecule has 0 saturated carbocycles. The van der Waals surface area contributed by atoms with Crippen LogP contribution in [0.4, 0.5) is 0 Å². The fourth-order valence-corrected chi connectivity index (χ4v) is 16.6. The molecule has 0 fully saturated rings. The molecule has 0 rings (SSSR count). The largest absolute Gasteiger partial charge is 0.385 e. The van der Waals surface area contributed by atoms with Crippen molar-refractivity contribution in [3.8, 4) is 0 Å². The Hall–Kier alpha value is 1.40. The van der Waals surface area contributed by atoms with E-state index in [4.69, 9.17) is 9.47 Å². The standard InChI is InChI=1S/C24H54O2S3Si2/c1-7-11-19-30(20-12-8-2)23(25-5)15-17-27-29-28-18-16-24(26-6)31(21-13-9-3)22-14-10-4/h23-24,30-31H,7-22H2,1-6H3. The first-order chi connectivity index (χ1) is 15.2. The van der Waals surface area contributed by atoms with Gasteiger partial charge in [0, 0.05) is 37.2 Å². The Morgan fingerprint density at radius 3 is 1.16 bits per heavy atom. The average molecular weight is 527 g/mol. The predicted octanol–water partition coefficient (Wildman–Crippen LogP) is 8.56. The predicted molar refractivity (Wildman–Crippen MR) is 156 cm³/mol. The van der Waals surface area contributed by atoms with Crippen molar-refractivity contribution in [1.29, 1.82) is 0 Å². The van der Waals surface area contributed by atoms with Crippen LogP contribution in [-0.4, -0.2) is 54.8 Å². The highest BCUT2D eigenvalue weighted by Crippen LogP contribution is 2.36. The van der Waals surface area contributed by atoms with Crippen LogP contribution in [0.3, 0.4) is 0 Å². The summed E-state index contributed by atoms with van der Waals surface area (Å²) in [5.74, 6) is 2.46. The summed E-state index contributed by atoms with van der Waals surface area (Å²) in [5.41, 5.74) is 1.16. The van der Waals surface area contributed by atoms with Crippen molar-refractivity contribution in [3.05, 3.63) is 0 Å². The van der Waals surface area contributed by atoms with Gasteiger partial charge in [-0.05, 0) is 22.7 Å². The van der Waals surface area contributed by atoms with Gasteiger partial charge in [-0.15, -0.1) is 0 Å². The monoisotopic (exact) mass is 526 g/mol. The molecule has 0 aliphatic heterocycles. The third kappa shape index (κ3) is 17.5. The number of hydrogen-bond acceptors (Lipinski definition) is 5. The summed E-state index contributed by atoms with van der Waals surface area (Å²) in [6.07, 6.45) is 13.4. The molecule has 31 heavy (non-hydrogen) atoms. The minimum atomic E-state index is -0.762. The highest BCUT2D eigenvalue weighted by atomic mass is 33.5.